The van der Waals surface area contributed by atoms with Crippen molar-refractivity contribution in [3.63, 3.8) is 0 Å². The number of H-pyrrole nitrogens is 1. The lowest BCUT2D eigenvalue weighted by Gasteiger charge is -2.05. The molecule has 0 spiro atoms. The van der Waals surface area contributed by atoms with Gasteiger partial charge in [-0.15, -0.1) is 0 Å². The number of amides is 1. The zero-order valence-corrected chi connectivity index (χ0v) is 15.0. The molecule has 0 aliphatic rings. The standard InChI is InChI=1S/C20H20FN5O/c1-13-17(26-11-3-2-4-19(26)23-13)7-8-20(27)22-10-9-18-24-15-6-5-14(21)12-16(15)25-18/h2-6,11-12H,7-10H2,1H3,(H,22,27)(H,24,25). The van der Waals surface area contributed by atoms with Crippen molar-refractivity contribution in [1.29, 1.82) is 0 Å². The largest absolute Gasteiger partial charge is 0.356 e. The molecular weight excluding hydrogens is 345 g/mol. The van der Waals surface area contributed by atoms with Gasteiger partial charge in [-0.25, -0.2) is 14.4 Å². The predicted molar refractivity (Wildman–Crippen MR) is 101 cm³/mol. The molecule has 7 heteroatoms. The normalized spacial score (nSPS) is 11.3. The number of rotatable bonds is 6. The average Bonchev–Trinajstić information content (AvgIpc) is 3.19. The lowest BCUT2D eigenvalue weighted by molar-refractivity contribution is -0.121. The topological polar surface area (TPSA) is 75.1 Å². The highest BCUT2D eigenvalue weighted by Crippen LogP contribution is 2.14. The number of nitrogens with zero attached hydrogens (tertiary/aromatic N) is 3. The fourth-order valence-corrected chi connectivity index (χ4v) is 3.26. The molecule has 0 aliphatic carbocycles. The van der Waals surface area contributed by atoms with Crippen molar-refractivity contribution in [3.05, 3.63) is 65.6 Å². The van der Waals surface area contributed by atoms with Gasteiger partial charge in [-0.3, -0.25) is 4.79 Å². The van der Waals surface area contributed by atoms with Crippen molar-refractivity contribution in [1.82, 2.24) is 24.7 Å². The lowest BCUT2D eigenvalue weighted by Crippen LogP contribution is -2.26. The molecule has 3 heterocycles. The van der Waals surface area contributed by atoms with Crippen LogP contribution in [0.1, 0.15) is 23.6 Å². The lowest BCUT2D eigenvalue weighted by atomic mass is 10.2. The number of carbonyl (C=O) groups excluding carboxylic acids is 1. The Morgan fingerprint density at radius 3 is 3.00 bits per heavy atom. The Labute approximate surface area is 155 Å². The maximum absolute atomic E-state index is 13.2. The fourth-order valence-electron chi connectivity index (χ4n) is 3.26. The number of hydrogen-bond donors (Lipinski definition) is 2. The number of hydrogen-bond acceptors (Lipinski definition) is 3. The number of aromatic amines is 1. The zero-order valence-electron chi connectivity index (χ0n) is 15.0. The van der Waals surface area contributed by atoms with E-state index in [4.69, 9.17) is 0 Å². The first kappa shape index (κ1) is 17.2. The monoisotopic (exact) mass is 365 g/mol. The Hall–Kier alpha value is -3.22. The number of halogens is 1. The minimum absolute atomic E-state index is 0.0116. The first-order valence-electron chi connectivity index (χ1n) is 8.93. The van der Waals surface area contributed by atoms with Crippen LogP contribution in [0, 0.1) is 12.7 Å². The highest BCUT2D eigenvalue weighted by atomic mass is 19.1. The molecule has 0 unspecified atom stereocenters. The highest BCUT2D eigenvalue weighted by Gasteiger charge is 2.11. The minimum atomic E-state index is -0.298. The summed E-state index contributed by atoms with van der Waals surface area (Å²) in [5.74, 6) is 0.421. The number of aryl methyl sites for hydroxylation is 2. The molecular formula is C20H20FN5O. The predicted octanol–water partition coefficient (Wildman–Crippen LogP) is 2.95. The molecule has 0 fully saturated rings. The Balaban J connectivity index is 1.31. The molecule has 0 radical (unpaired) electrons. The SMILES string of the molecule is Cc1nc2ccccn2c1CCC(=O)NCCc1nc2ccc(F)cc2[nH]1. The fraction of sp³-hybridized carbons (Fsp3) is 0.250. The van der Waals surface area contributed by atoms with Crippen LogP contribution in [-0.2, 0) is 17.6 Å². The van der Waals surface area contributed by atoms with Crippen LogP contribution in [-0.4, -0.2) is 31.8 Å². The molecule has 1 aromatic carbocycles. The summed E-state index contributed by atoms with van der Waals surface area (Å²) in [4.78, 5) is 24.2. The summed E-state index contributed by atoms with van der Waals surface area (Å²) in [7, 11) is 0. The quantitative estimate of drug-likeness (QED) is 0.552. The second-order valence-corrected chi connectivity index (χ2v) is 6.52. The van der Waals surface area contributed by atoms with E-state index in [1.807, 2.05) is 35.7 Å². The molecule has 0 aliphatic heterocycles. The van der Waals surface area contributed by atoms with E-state index < -0.39 is 0 Å². The van der Waals surface area contributed by atoms with Gasteiger partial charge in [-0.1, -0.05) is 6.07 Å². The summed E-state index contributed by atoms with van der Waals surface area (Å²) in [6.45, 7) is 2.44. The second-order valence-electron chi connectivity index (χ2n) is 6.52. The number of fused-ring (bicyclic) bond motifs is 2. The summed E-state index contributed by atoms with van der Waals surface area (Å²) in [5.41, 5.74) is 4.29. The summed E-state index contributed by atoms with van der Waals surface area (Å²) >= 11 is 0. The first-order chi connectivity index (χ1) is 13.1. The van der Waals surface area contributed by atoms with Gasteiger partial charge in [0.25, 0.3) is 0 Å². The number of imidazole rings is 2. The van der Waals surface area contributed by atoms with Crippen molar-refractivity contribution < 1.29 is 9.18 Å². The van der Waals surface area contributed by atoms with Crippen molar-refractivity contribution in [3.8, 4) is 0 Å². The van der Waals surface area contributed by atoms with E-state index in [0.717, 1.165) is 28.4 Å². The molecule has 138 valence electrons. The average molecular weight is 365 g/mol. The maximum Gasteiger partial charge on any atom is 0.220 e. The molecule has 0 saturated carbocycles. The van der Waals surface area contributed by atoms with E-state index in [1.54, 1.807) is 6.07 Å². The Bertz CT molecular complexity index is 1110. The highest BCUT2D eigenvalue weighted by molar-refractivity contribution is 5.76. The van der Waals surface area contributed by atoms with Crippen molar-refractivity contribution in [2.45, 2.75) is 26.2 Å². The van der Waals surface area contributed by atoms with Gasteiger partial charge in [0.2, 0.25) is 5.91 Å². The summed E-state index contributed by atoms with van der Waals surface area (Å²) in [6, 6.07) is 10.3. The van der Waals surface area contributed by atoms with E-state index >= 15 is 0 Å². The van der Waals surface area contributed by atoms with Crippen LogP contribution in [0.4, 0.5) is 4.39 Å². The summed E-state index contributed by atoms with van der Waals surface area (Å²) < 4.78 is 15.2. The Morgan fingerprint density at radius 1 is 1.22 bits per heavy atom. The van der Waals surface area contributed by atoms with E-state index in [1.165, 1.54) is 12.1 Å². The van der Waals surface area contributed by atoms with Crippen LogP contribution in [0.25, 0.3) is 16.7 Å². The Kier molecular flexibility index (Phi) is 4.58. The smallest absolute Gasteiger partial charge is 0.220 e. The van der Waals surface area contributed by atoms with Crippen LogP contribution >= 0.6 is 0 Å². The molecule has 27 heavy (non-hydrogen) atoms. The van der Waals surface area contributed by atoms with Crippen LogP contribution in [0.2, 0.25) is 0 Å². The van der Waals surface area contributed by atoms with Crippen molar-refractivity contribution in [2.75, 3.05) is 6.54 Å². The molecule has 3 aromatic heterocycles. The van der Waals surface area contributed by atoms with Gasteiger partial charge in [0.05, 0.1) is 16.7 Å². The van der Waals surface area contributed by atoms with Gasteiger partial charge in [0, 0.05) is 31.3 Å². The number of pyridine rings is 1. The van der Waals surface area contributed by atoms with Gasteiger partial charge in [0.1, 0.15) is 17.3 Å². The number of benzene rings is 1. The third kappa shape index (κ3) is 3.67. The molecule has 4 rings (SSSR count). The van der Waals surface area contributed by atoms with Crippen LogP contribution in [0.3, 0.4) is 0 Å². The molecule has 1 amide bonds. The summed E-state index contributed by atoms with van der Waals surface area (Å²) in [6.07, 6.45) is 3.56. The van der Waals surface area contributed by atoms with Crippen molar-refractivity contribution in [2.24, 2.45) is 0 Å². The van der Waals surface area contributed by atoms with Crippen molar-refractivity contribution >= 4 is 22.6 Å². The number of nitrogens with one attached hydrogen (secondary N) is 2. The molecule has 6 nitrogen and oxygen atoms in total. The van der Waals surface area contributed by atoms with Crippen LogP contribution in [0.15, 0.2) is 42.6 Å². The third-order valence-electron chi connectivity index (χ3n) is 4.59. The molecule has 0 bridgehead atoms. The number of aromatic nitrogens is 4. The summed E-state index contributed by atoms with van der Waals surface area (Å²) in [5, 5.41) is 2.91. The third-order valence-corrected chi connectivity index (χ3v) is 4.59. The molecule has 0 saturated heterocycles. The van der Waals surface area contributed by atoms with Gasteiger partial charge in [-0.2, -0.15) is 0 Å². The number of carbonyl (C=O) groups is 1. The van der Waals surface area contributed by atoms with E-state index in [-0.39, 0.29) is 11.7 Å². The van der Waals surface area contributed by atoms with Gasteiger partial charge >= 0.3 is 0 Å². The van der Waals surface area contributed by atoms with Gasteiger partial charge < -0.3 is 14.7 Å². The molecule has 4 aromatic rings. The molecule has 2 N–H and O–H groups in total. The minimum Gasteiger partial charge on any atom is -0.356 e. The zero-order chi connectivity index (χ0) is 18.8. The Morgan fingerprint density at radius 2 is 2.11 bits per heavy atom. The van der Waals surface area contributed by atoms with E-state index in [2.05, 4.69) is 20.3 Å². The first-order valence-corrected chi connectivity index (χ1v) is 8.93. The maximum atomic E-state index is 13.2. The van der Waals surface area contributed by atoms with E-state index in [9.17, 15) is 9.18 Å². The van der Waals surface area contributed by atoms with Crippen LogP contribution in [0.5, 0.6) is 0 Å². The molecule has 0 atom stereocenters. The van der Waals surface area contributed by atoms with Gasteiger partial charge in [-0.05, 0) is 43.7 Å². The van der Waals surface area contributed by atoms with Crippen LogP contribution < -0.4 is 5.32 Å². The van der Waals surface area contributed by atoms with E-state index in [0.29, 0.717) is 31.3 Å². The second kappa shape index (κ2) is 7.19. The van der Waals surface area contributed by atoms with Gasteiger partial charge in [0.15, 0.2) is 0 Å².